The molecule has 1 N–H and O–H groups in total. The van der Waals surface area contributed by atoms with Crippen molar-refractivity contribution >= 4 is 5.69 Å². The fourth-order valence-electron chi connectivity index (χ4n) is 3.17. The molecule has 19 heavy (non-hydrogen) atoms. The monoisotopic (exact) mass is 265 g/mol. The van der Waals surface area contributed by atoms with Gasteiger partial charge in [-0.1, -0.05) is 0 Å². The van der Waals surface area contributed by atoms with Crippen molar-refractivity contribution < 1.29 is 9.31 Å². The van der Waals surface area contributed by atoms with E-state index in [-0.39, 0.29) is 5.69 Å². The smallest absolute Gasteiger partial charge is 0.272 e. The normalized spacial score (nSPS) is 26.6. The molecule has 0 aromatic heterocycles. The van der Waals surface area contributed by atoms with E-state index >= 15 is 0 Å². The van der Waals surface area contributed by atoms with Gasteiger partial charge in [0.2, 0.25) is 0 Å². The molecule has 0 radical (unpaired) electrons. The predicted molar refractivity (Wildman–Crippen MR) is 68.2 cm³/mol. The molecule has 2 aliphatic rings. The van der Waals surface area contributed by atoms with E-state index in [0.717, 1.165) is 32.2 Å². The van der Waals surface area contributed by atoms with Crippen LogP contribution in [0.4, 0.5) is 10.1 Å². The van der Waals surface area contributed by atoms with Crippen molar-refractivity contribution in [3.05, 3.63) is 39.7 Å². The number of benzene rings is 1. The summed E-state index contributed by atoms with van der Waals surface area (Å²) in [6, 6.07) is 3.82. The van der Waals surface area contributed by atoms with Crippen molar-refractivity contribution in [1.82, 2.24) is 10.2 Å². The number of nitro groups is 1. The van der Waals surface area contributed by atoms with Gasteiger partial charge in [0.1, 0.15) is 5.82 Å². The molecule has 0 bridgehead atoms. The molecule has 2 saturated heterocycles. The lowest BCUT2D eigenvalue weighted by atomic mass is 10.0. The van der Waals surface area contributed by atoms with Crippen molar-refractivity contribution in [2.24, 2.45) is 11.8 Å². The van der Waals surface area contributed by atoms with Crippen LogP contribution in [-0.4, -0.2) is 36.0 Å². The highest BCUT2D eigenvalue weighted by Gasteiger charge is 2.35. The summed E-state index contributed by atoms with van der Waals surface area (Å²) in [5.41, 5.74) is 0.510. The zero-order valence-electron chi connectivity index (χ0n) is 10.5. The SMILES string of the molecule is O=[N+]([O-])c1cc(F)cc(CN2C[C@H]3CNC[C@H]3C2)c1. The van der Waals surface area contributed by atoms with Crippen LogP contribution in [0, 0.1) is 27.8 Å². The molecule has 2 aliphatic heterocycles. The van der Waals surface area contributed by atoms with E-state index in [0.29, 0.717) is 23.9 Å². The Bertz CT molecular complexity index is 497. The van der Waals surface area contributed by atoms with E-state index in [1.54, 1.807) is 0 Å². The molecule has 0 saturated carbocycles. The van der Waals surface area contributed by atoms with Crippen LogP contribution in [0.25, 0.3) is 0 Å². The Balaban J connectivity index is 1.71. The van der Waals surface area contributed by atoms with Crippen LogP contribution in [0.15, 0.2) is 18.2 Å². The lowest BCUT2D eigenvalue weighted by Gasteiger charge is -2.16. The Morgan fingerprint density at radius 2 is 2.00 bits per heavy atom. The van der Waals surface area contributed by atoms with Gasteiger partial charge < -0.3 is 5.32 Å². The average Bonchev–Trinajstić information content (AvgIpc) is 2.88. The number of halogens is 1. The molecule has 102 valence electrons. The summed E-state index contributed by atoms with van der Waals surface area (Å²) in [4.78, 5) is 12.4. The number of nitrogens with zero attached hydrogens (tertiary/aromatic N) is 2. The first-order valence-electron chi connectivity index (χ1n) is 6.49. The van der Waals surface area contributed by atoms with Crippen molar-refractivity contribution in [3.63, 3.8) is 0 Å². The first-order chi connectivity index (χ1) is 9.11. The Morgan fingerprint density at radius 1 is 1.32 bits per heavy atom. The molecule has 2 heterocycles. The van der Waals surface area contributed by atoms with E-state index in [2.05, 4.69) is 10.2 Å². The minimum atomic E-state index is -0.546. The van der Waals surface area contributed by atoms with Crippen LogP contribution < -0.4 is 5.32 Å². The maximum absolute atomic E-state index is 13.4. The van der Waals surface area contributed by atoms with Gasteiger partial charge in [0.05, 0.1) is 11.0 Å². The van der Waals surface area contributed by atoms with Crippen LogP contribution in [0.3, 0.4) is 0 Å². The molecule has 1 aromatic carbocycles. The highest BCUT2D eigenvalue weighted by atomic mass is 19.1. The fourth-order valence-corrected chi connectivity index (χ4v) is 3.17. The van der Waals surface area contributed by atoms with Gasteiger partial charge in [-0.2, -0.15) is 0 Å². The molecule has 0 spiro atoms. The number of likely N-dealkylation sites (tertiary alicyclic amines) is 1. The summed E-state index contributed by atoms with van der Waals surface area (Å²) in [6.07, 6.45) is 0. The summed E-state index contributed by atoms with van der Waals surface area (Å²) in [5.74, 6) is 0.803. The molecular formula is C13H16FN3O2. The van der Waals surface area contributed by atoms with E-state index < -0.39 is 10.7 Å². The molecule has 0 amide bonds. The second kappa shape index (κ2) is 4.86. The summed E-state index contributed by atoms with van der Waals surface area (Å²) >= 11 is 0. The molecule has 0 unspecified atom stereocenters. The predicted octanol–water partition coefficient (Wildman–Crippen LogP) is 1.39. The Kier molecular flexibility index (Phi) is 3.20. The minimum Gasteiger partial charge on any atom is -0.316 e. The van der Waals surface area contributed by atoms with E-state index in [1.165, 1.54) is 12.1 Å². The van der Waals surface area contributed by atoms with Gasteiger partial charge >= 0.3 is 0 Å². The van der Waals surface area contributed by atoms with Gasteiger partial charge in [0.25, 0.3) is 5.69 Å². The van der Waals surface area contributed by atoms with Gasteiger partial charge in [-0.3, -0.25) is 15.0 Å². The molecule has 0 aliphatic carbocycles. The number of hydrogen-bond donors (Lipinski definition) is 1. The van der Waals surface area contributed by atoms with Gasteiger partial charge in [0, 0.05) is 25.7 Å². The average molecular weight is 265 g/mol. The standard InChI is InChI=1S/C13H16FN3O2/c14-12-1-9(2-13(3-12)17(18)19)6-16-7-10-4-15-5-11(10)8-16/h1-3,10-11,15H,4-8H2/t10-,11+. The zero-order chi connectivity index (χ0) is 13.4. The Morgan fingerprint density at radius 3 is 2.63 bits per heavy atom. The summed E-state index contributed by atoms with van der Waals surface area (Å²) < 4.78 is 13.4. The van der Waals surface area contributed by atoms with Gasteiger partial charge in [-0.05, 0) is 36.6 Å². The first-order valence-corrected chi connectivity index (χ1v) is 6.49. The lowest BCUT2D eigenvalue weighted by Crippen LogP contribution is -2.25. The quantitative estimate of drug-likeness (QED) is 0.662. The number of nitrogens with one attached hydrogen (secondary N) is 1. The van der Waals surface area contributed by atoms with Crippen LogP contribution in [0.2, 0.25) is 0 Å². The summed E-state index contributed by atoms with van der Waals surface area (Å²) in [5, 5.41) is 14.1. The number of hydrogen-bond acceptors (Lipinski definition) is 4. The molecule has 2 atom stereocenters. The minimum absolute atomic E-state index is 0.170. The van der Waals surface area contributed by atoms with E-state index in [4.69, 9.17) is 0 Å². The fraction of sp³-hybridized carbons (Fsp3) is 0.538. The van der Waals surface area contributed by atoms with Crippen LogP contribution >= 0.6 is 0 Å². The van der Waals surface area contributed by atoms with E-state index in [1.807, 2.05) is 0 Å². The van der Waals surface area contributed by atoms with Gasteiger partial charge in [-0.25, -0.2) is 4.39 Å². The largest absolute Gasteiger partial charge is 0.316 e. The third-order valence-electron chi connectivity index (χ3n) is 4.02. The first kappa shape index (κ1) is 12.5. The number of nitro benzene ring substituents is 1. The topological polar surface area (TPSA) is 58.4 Å². The van der Waals surface area contributed by atoms with Crippen LogP contribution in [0.5, 0.6) is 0 Å². The third kappa shape index (κ3) is 2.59. The van der Waals surface area contributed by atoms with Crippen molar-refractivity contribution in [1.29, 1.82) is 0 Å². The van der Waals surface area contributed by atoms with Crippen LogP contribution in [-0.2, 0) is 6.54 Å². The number of non-ortho nitro benzene ring substituents is 1. The molecule has 3 rings (SSSR count). The summed E-state index contributed by atoms with van der Waals surface area (Å²) in [6.45, 7) is 4.66. The second-order valence-electron chi connectivity index (χ2n) is 5.45. The lowest BCUT2D eigenvalue weighted by molar-refractivity contribution is -0.385. The molecule has 6 heteroatoms. The second-order valence-corrected chi connectivity index (χ2v) is 5.45. The zero-order valence-corrected chi connectivity index (χ0v) is 10.5. The molecule has 5 nitrogen and oxygen atoms in total. The maximum Gasteiger partial charge on any atom is 0.272 e. The Labute approximate surface area is 110 Å². The van der Waals surface area contributed by atoms with Gasteiger partial charge in [-0.15, -0.1) is 0 Å². The van der Waals surface area contributed by atoms with Crippen molar-refractivity contribution in [2.75, 3.05) is 26.2 Å². The third-order valence-corrected chi connectivity index (χ3v) is 4.02. The van der Waals surface area contributed by atoms with Crippen LogP contribution in [0.1, 0.15) is 5.56 Å². The molecule has 1 aromatic rings. The Hall–Kier alpha value is -1.53. The maximum atomic E-state index is 13.4. The highest BCUT2D eigenvalue weighted by molar-refractivity contribution is 5.35. The van der Waals surface area contributed by atoms with Crippen molar-refractivity contribution in [3.8, 4) is 0 Å². The van der Waals surface area contributed by atoms with Crippen molar-refractivity contribution in [2.45, 2.75) is 6.54 Å². The molecular weight excluding hydrogens is 249 g/mol. The number of rotatable bonds is 3. The van der Waals surface area contributed by atoms with Gasteiger partial charge in [0.15, 0.2) is 0 Å². The summed E-state index contributed by atoms with van der Waals surface area (Å²) in [7, 11) is 0. The number of fused-ring (bicyclic) bond motifs is 1. The van der Waals surface area contributed by atoms with E-state index in [9.17, 15) is 14.5 Å². The molecule has 2 fully saturated rings. The highest BCUT2D eigenvalue weighted by Crippen LogP contribution is 2.28.